The van der Waals surface area contributed by atoms with E-state index < -0.39 is 0 Å². The number of hydrogen-bond donors (Lipinski definition) is 1. The van der Waals surface area contributed by atoms with Crippen molar-refractivity contribution in [2.45, 2.75) is 46.1 Å². The van der Waals surface area contributed by atoms with Gasteiger partial charge in [-0.2, -0.15) is 0 Å². The summed E-state index contributed by atoms with van der Waals surface area (Å²) in [4.78, 5) is 0. The molecule has 0 aromatic rings. The lowest BCUT2D eigenvalue weighted by Gasteiger charge is -2.14. The minimum Gasteiger partial charge on any atom is -0.380 e. The number of nitrogens with one attached hydrogen (secondary N) is 1. The maximum absolute atomic E-state index is 5.46. The molecular weight excluding hydrogens is 174 g/mol. The Morgan fingerprint density at radius 2 is 1.93 bits per heavy atom. The van der Waals surface area contributed by atoms with Crippen LogP contribution in [0.4, 0.5) is 0 Å². The summed E-state index contributed by atoms with van der Waals surface area (Å²) in [5.41, 5.74) is 1.19. The topological polar surface area (TPSA) is 21.3 Å². The van der Waals surface area contributed by atoms with Crippen LogP contribution in [0, 0.1) is 0 Å². The Bertz CT molecular complexity index is 141. The minimum atomic E-state index is 0.653. The molecule has 0 unspecified atom stereocenters. The molecule has 0 spiro atoms. The predicted octanol–water partition coefficient (Wildman–Crippen LogP) is 2.75. The fraction of sp³-hybridized carbons (Fsp3) is 0.833. The lowest BCUT2D eigenvalue weighted by Crippen LogP contribution is -2.30. The van der Waals surface area contributed by atoms with Crippen LogP contribution in [-0.4, -0.2) is 25.8 Å². The van der Waals surface area contributed by atoms with Gasteiger partial charge in [-0.15, -0.1) is 6.58 Å². The number of ether oxygens (including phenoxy) is 1. The molecule has 0 bridgehead atoms. The van der Waals surface area contributed by atoms with Crippen LogP contribution in [0.3, 0.4) is 0 Å². The van der Waals surface area contributed by atoms with Crippen LogP contribution in [0.1, 0.15) is 40.0 Å². The van der Waals surface area contributed by atoms with Gasteiger partial charge in [-0.1, -0.05) is 19.4 Å². The Morgan fingerprint density at radius 1 is 1.29 bits per heavy atom. The third-order valence-corrected chi connectivity index (χ3v) is 2.34. The van der Waals surface area contributed by atoms with Gasteiger partial charge in [0, 0.05) is 12.6 Å². The first-order valence-electron chi connectivity index (χ1n) is 5.66. The molecule has 84 valence electrons. The molecule has 0 aliphatic rings. The highest BCUT2D eigenvalue weighted by Crippen LogP contribution is 1.96. The van der Waals surface area contributed by atoms with E-state index in [4.69, 9.17) is 4.74 Å². The van der Waals surface area contributed by atoms with E-state index in [9.17, 15) is 0 Å². The van der Waals surface area contributed by atoms with Crippen molar-refractivity contribution in [1.29, 1.82) is 0 Å². The van der Waals surface area contributed by atoms with Gasteiger partial charge in [-0.25, -0.2) is 0 Å². The number of rotatable bonds is 9. The summed E-state index contributed by atoms with van der Waals surface area (Å²) in [5, 5.41) is 3.46. The second-order valence-corrected chi connectivity index (χ2v) is 3.79. The van der Waals surface area contributed by atoms with Crippen molar-refractivity contribution in [3.8, 4) is 0 Å². The fourth-order valence-corrected chi connectivity index (χ4v) is 1.26. The quantitative estimate of drug-likeness (QED) is 0.455. The van der Waals surface area contributed by atoms with Gasteiger partial charge in [0.2, 0.25) is 0 Å². The van der Waals surface area contributed by atoms with Gasteiger partial charge in [-0.3, -0.25) is 0 Å². The maximum Gasteiger partial charge on any atom is 0.0591 e. The van der Waals surface area contributed by atoms with Gasteiger partial charge in [0.05, 0.1) is 13.2 Å². The summed E-state index contributed by atoms with van der Waals surface area (Å²) in [5.74, 6) is 0. The fourth-order valence-electron chi connectivity index (χ4n) is 1.26. The van der Waals surface area contributed by atoms with E-state index in [1.54, 1.807) is 0 Å². The molecule has 0 rings (SSSR count). The first kappa shape index (κ1) is 13.7. The van der Waals surface area contributed by atoms with Gasteiger partial charge >= 0.3 is 0 Å². The molecule has 0 heterocycles. The molecule has 0 fully saturated rings. The summed E-state index contributed by atoms with van der Waals surface area (Å²) < 4.78 is 5.46. The Balaban J connectivity index is 3.16. The summed E-state index contributed by atoms with van der Waals surface area (Å²) in [6.45, 7) is 12.9. The van der Waals surface area contributed by atoms with Gasteiger partial charge < -0.3 is 10.1 Å². The van der Waals surface area contributed by atoms with E-state index in [1.165, 1.54) is 18.4 Å². The van der Waals surface area contributed by atoms with Crippen LogP contribution < -0.4 is 5.32 Å². The largest absolute Gasteiger partial charge is 0.380 e. The Labute approximate surface area is 88.7 Å². The van der Waals surface area contributed by atoms with Crippen LogP contribution in [0.25, 0.3) is 0 Å². The standard InChI is InChI=1S/C12H25NO/c1-5-12(6-2)13-8-10-14-9-7-11(3)4/h12-13H,3,5-10H2,1-2,4H3. The summed E-state index contributed by atoms with van der Waals surface area (Å²) in [6, 6.07) is 0.653. The molecule has 0 saturated carbocycles. The molecule has 0 aliphatic heterocycles. The molecule has 0 saturated heterocycles. The van der Waals surface area contributed by atoms with E-state index in [1.807, 2.05) is 6.92 Å². The lowest BCUT2D eigenvalue weighted by atomic mass is 10.2. The molecule has 0 aromatic carbocycles. The van der Waals surface area contributed by atoms with Crippen molar-refractivity contribution in [3.05, 3.63) is 12.2 Å². The molecule has 0 amide bonds. The SMILES string of the molecule is C=C(C)CCOCCNC(CC)CC. The average molecular weight is 199 g/mol. The monoisotopic (exact) mass is 199 g/mol. The van der Waals surface area contributed by atoms with Crippen molar-refractivity contribution < 1.29 is 4.74 Å². The van der Waals surface area contributed by atoms with Crippen LogP contribution in [-0.2, 0) is 4.74 Å². The first-order chi connectivity index (χ1) is 6.70. The zero-order valence-corrected chi connectivity index (χ0v) is 9.94. The predicted molar refractivity (Wildman–Crippen MR) is 62.6 cm³/mol. The number of hydrogen-bond acceptors (Lipinski definition) is 2. The van der Waals surface area contributed by atoms with Gasteiger partial charge in [0.25, 0.3) is 0 Å². The first-order valence-corrected chi connectivity index (χ1v) is 5.66. The molecule has 0 aromatic heterocycles. The molecule has 2 heteroatoms. The maximum atomic E-state index is 5.46. The van der Waals surface area contributed by atoms with E-state index in [2.05, 4.69) is 25.7 Å². The zero-order chi connectivity index (χ0) is 10.8. The van der Waals surface area contributed by atoms with Gasteiger partial charge in [0.15, 0.2) is 0 Å². The van der Waals surface area contributed by atoms with Crippen LogP contribution in [0.15, 0.2) is 12.2 Å². The molecule has 0 radical (unpaired) electrons. The molecule has 2 nitrogen and oxygen atoms in total. The van der Waals surface area contributed by atoms with E-state index in [0.29, 0.717) is 6.04 Å². The van der Waals surface area contributed by atoms with Crippen LogP contribution in [0.2, 0.25) is 0 Å². The summed E-state index contributed by atoms with van der Waals surface area (Å²) in [6.07, 6.45) is 3.37. The van der Waals surface area contributed by atoms with Crippen LogP contribution >= 0.6 is 0 Å². The minimum absolute atomic E-state index is 0.653. The van der Waals surface area contributed by atoms with Crippen LogP contribution in [0.5, 0.6) is 0 Å². The van der Waals surface area contributed by atoms with E-state index in [0.717, 1.165) is 26.2 Å². The second-order valence-electron chi connectivity index (χ2n) is 3.79. The van der Waals surface area contributed by atoms with Gasteiger partial charge in [-0.05, 0) is 26.2 Å². The third-order valence-electron chi connectivity index (χ3n) is 2.34. The average Bonchev–Trinajstić information content (AvgIpc) is 2.16. The molecule has 1 N–H and O–H groups in total. The zero-order valence-electron chi connectivity index (χ0n) is 9.94. The van der Waals surface area contributed by atoms with Crippen molar-refractivity contribution >= 4 is 0 Å². The smallest absolute Gasteiger partial charge is 0.0591 e. The normalized spacial score (nSPS) is 10.9. The van der Waals surface area contributed by atoms with Crippen molar-refractivity contribution in [3.63, 3.8) is 0 Å². The Hall–Kier alpha value is -0.340. The molecular formula is C12H25NO. The molecule has 14 heavy (non-hydrogen) atoms. The summed E-state index contributed by atoms with van der Waals surface area (Å²) >= 11 is 0. The highest BCUT2D eigenvalue weighted by molar-refractivity contribution is 4.87. The van der Waals surface area contributed by atoms with Crippen molar-refractivity contribution in [2.24, 2.45) is 0 Å². The lowest BCUT2D eigenvalue weighted by molar-refractivity contribution is 0.136. The molecule has 0 atom stereocenters. The Kier molecular flexibility index (Phi) is 9.00. The third kappa shape index (κ3) is 8.27. The van der Waals surface area contributed by atoms with Crippen molar-refractivity contribution in [1.82, 2.24) is 5.32 Å². The highest BCUT2D eigenvalue weighted by Gasteiger charge is 2.00. The van der Waals surface area contributed by atoms with Crippen molar-refractivity contribution in [2.75, 3.05) is 19.8 Å². The molecule has 0 aliphatic carbocycles. The second kappa shape index (κ2) is 9.22. The Morgan fingerprint density at radius 3 is 2.43 bits per heavy atom. The van der Waals surface area contributed by atoms with Gasteiger partial charge in [0.1, 0.15) is 0 Å². The summed E-state index contributed by atoms with van der Waals surface area (Å²) in [7, 11) is 0. The highest BCUT2D eigenvalue weighted by atomic mass is 16.5. The van der Waals surface area contributed by atoms with E-state index in [-0.39, 0.29) is 0 Å². The van der Waals surface area contributed by atoms with E-state index >= 15 is 0 Å².